The van der Waals surface area contributed by atoms with Crippen LogP contribution in [0.25, 0.3) is 10.8 Å². The minimum absolute atomic E-state index is 0.0789. The Morgan fingerprint density at radius 3 is 2.29 bits per heavy atom. The van der Waals surface area contributed by atoms with Gasteiger partial charge in [0.1, 0.15) is 11.9 Å². The Labute approximate surface area is 179 Å². The molecule has 160 valence electrons. The number of amides is 3. The fraction of sp³-hybridized carbons (Fsp3) is 0.208. The summed E-state index contributed by atoms with van der Waals surface area (Å²) >= 11 is 0. The van der Waals surface area contributed by atoms with Crippen molar-refractivity contribution >= 4 is 28.5 Å². The maximum Gasteiger partial charge on any atom is 0.261 e. The van der Waals surface area contributed by atoms with Crippen LogP contribution in [0.1, 0.15) is 29.8 Å². The lowest BCUT2D eigenvalue weighted by Gasteiger charge is -2.22. The first-order chi connectivity index (χ1) is 14.9. The third-order valence-corrected chi connectivity index (χ3v) is 4.91. The second-order valence-corrected chi connectivity index (χ2v) is 7.53. The van der Waals surface area contributed by atoms with Crippen LogP contribution in [-0.4, -0.2) is 23.8 Å². The molecule has 0 aliphatic heterocycles. The van der Waals surface area contributed by atoms with E-state index in [1.807, 2.05) is 42.5 Å². The lowest BCUT2D eigenvalue weighted by molar-refractivity contribution is -0.130. The van der Waals surface area contributed by atoms with Crippen molar-refractivity contribution in [1.82, 2.24) is 16.2 Å². The van der Waals surface area contributed by atoms with Gasteiger partial charge >= 0.3 is 0 Å². The van der Waals surface area contributed by atoms with Gasteiger partial charge in [-0.2, -0.15) is 0 Å². The molecule has 0 spiro atoms. The van der Waals surface area contributed by atoms with Crippen molar-refractivity contribution < 1.29 is 18.8 Å². The SMILES string of the molecule is CC(C)C(NC(=O)c1ccccc1F)C(=O)NNC(=O)Cc1cccc2ccccc12. The van der Waals surface area contributed by atoms with E-state index in [2.05, 4.69) is 16.2 Å². The topological polar surface area (TPSA) is 87.3 Å². The van der Waals surface area contributed by atoms with Crippen LogP contribution >= 0.6 is 0 Å². The van der Waals surface area contributed by atoms with Crippen LogP contribution in [0.15, 0.2) is 66.7 Å². The van der Waals surface area contributed by atoms with E-state index >= 15 is 0 Å². The number of hydrogen-bond donors (Lipinski definition) is 3. The van der Waals surface area contributed by atoms with E-state index in [1.165, 1.54) is 24.3 Å². The predicted octanol–water partition coefficient (Wildman–Crippen LogP) is 3.12. The average Bonchev–Trinajstić information content (AvgIpc) is 2.76. The fourth-order valence-electron chi connectivity index (χ4n) is 3.27. The molecule has 0 heterocycles. The summed E-state index contributed by atoms with van der Waals surface area (Å²) in [6, 6.07) is 18.0. The van der Waals surface area contributed by atoms with Crippen LogP contribution in [0, 0.1) is 11.7 Å². The number of fused-ring (bicyclic) bond motifs is 1. The number of rotatable bonds is 6. The molecule has 0 bridgehead atoms. The number of carbonyl (C=O) groups excluding carboxylic acids is 3. The number of nitrogens with one attached hydrogen (secondary N) is 3. The first kappa shape index (κ1) is 22.0. The smallest absolute Gasteiger partial charge is 0.261 e. The Bertz CT molecular complexity index is 1110. The molecule has 0 aliphatic carbocycles. The quantitative estimate of drug-likeness (QED) is 0.535. The molecule has 3 rings (SSSR count). The lowest BCUT2D eigenvalue weighted by Crippen LogP contribution is -2.54. The molecular formula is C24H24FN3O3. The summed E-state index contributed by atoms with van der Waals surface area (Å²) in [7, 11) is 0. The number of hydrogen-bond acceptors (Lipinski definition) is 3. The molecule has 3 aromatic rings. The van der Waals surface area contributed by atoms with Gasteiger partial charge in [-0.3, -0.25) is 25.2 Å². The Morgan fingerprint density at radius 1 is 0.871 bits per heavy atom. The van der Waals surface area contributed by atoms with Gasteiger partial charge in [0.05, 0.1) is 12.0 Å². The van der Waals surface area contributed by atoms with Crippen molar-refractivity contribution in [1.29, 1.82) is 0 Å². The molecule has 7 heteroatoms. The minimum atomic E-state index is -0.954. The first-order valence-corrected chi connectivity index (χ1v) is 9.97. The van der Waals surface area contributed by atoms with Crippen LogP contribution in [0.3, 0.4) is 0 Å². The van der Waals surface area contributed by atoms with E-state index in [0.29, 0.717) is 0 Å². The molecule has 1 unspecified atom stereocenters. The third kappa shape index (κ3) is 5.45. The molecule has 0 saturated carbocycles. The molecule has 0 aromatic heterocycles. The normalized spacial score (nSPS) is 11.7. The van der Waals surface area contributed by atoms with Crippen molar-refractivity contribution in [3.63, 3.8) is 0 Å². The van der Waals surface area contributed by atoms with E-state index < -0.39 is 29.6 Å². The Hall–Kier alpha value is -3.74. The molecule has 31 heavy (non-hydrogen) atoms. The van der Waals surface area contributed by atoms with Gasteiger partial charge in [0.2, 0.25) is 5.91 Å². The van der Waals surface area contributed by atoms with Gasteiger partial charge in [-0.05, 0) is 34.4 Å². The third-order valence-electron chi connectivity index (χ3n) is 4.91. The Balaban J connectivity index is 1.61. The van der Waals surface area contributed by atoms with Crippen molar-refractivity contribution in [2.24, 2.45) is 5.92 Å². The van der Waals surface area contributed by atoms with Crippen molar-refractivity contribution in [2.75, 3.05) is 0 Å². The molecule has 1 atom stereocenters. The summed E-state index contributed by atoms with van der Waals surface area (Å²) in [4.78, 5) is 37.3. The van der Waals surface area contributed by atoms with E-state index in [1.54, 1.807) is 13.8 Å². The van der Waals surface area contributed by atoms with E-state index in [9.17, 15) is 18.8 Å². The zero-order valence-corrected chi connectivity index (χ0v) is 17.3. The Kier molecular flexibility index (Phi) is 6.97. The maximum absolute atomic E-state index is 13.8. The van der Waals surface area contributed by atoms with Crippen molar-refractivity contribution in [2.45, 2.75) is 26.3 Å². The van der Waals surface area contributed by atoms with Crippen molar-refractivity contribution in [3.05, 3.63) is 83.7 Å². The molecule has 0 fully saturated rings. The van der Waals surface area contributed by atoms with Gasteiger partial charge in [-0.1, -0.05) is 68.4 Å². The van der Waals surface area contributed by atoms with E-state index in [-0.39, 0.29) is 17.9 Å². The molecule has 0 aliphatic rings. The molecule has 0 radical (unpaired) electrons. The lowest BCUT2D eigenvalue weighted by atomic mass is 10.0. The summed E-state index contributed by atoms with van der Waals surface area (Å²) in [5.41, 5.74) is 5.43. The molecule has 3 amide bonds. The van der Waals surface area contributed by atoms with Gasteiger partial charge in [-0.25, -0.2) is 4.39 Å². The second-order valence-electron chi connectivity index (χ2n) is 7.53. The minimum Gasteiger partial charge on any atom is -0.340 e. The predicted molar refractivity (Wildman–Crippen MR) is 116 cm³/mol. The molecule has 3 aromatic carbocycles. The van der Waals surface area contributed by atoms with Crippen LogP contribution in [0.4, 0.5) is 4.39 Å². The van der Waals surface area contributed by atoms with Gasteiger partial charge in [-0.15, -0.1) is 0 Å². The summed E-state index contributed by atoms with van der Waals surface area (Å²) < 4.78 is 13.8. The summed E-state index contributed by atoms with van der Waals surface area (Å²) in [5.74, 6) is -2.65. The largest absolute Gasteiger partial charge is 0.340 e. The standard InChI is InChI=1S/C24H24FN3O3/c1-15(2)22(26-23(30)19-12-5-6-13-20(19)25)24(31)28-27-21(29)14-17-10-7-9-16-8-3-4-11-18(16)17/h3-13,15,22H,14H2,1-2H3,(H,26,30)(H,27,29)(H,28,31). The van der Waals surface area contributed by atoms with Crippen LogP contribution < -0.4 is 16.2 Å². The molecule has 3 N–H and O–H groups in total. The summed E-state index contributed by atoms with van der Waals surface area (Å²) in [6.07, 6.45) is 0.0789. The Morgan fingerprint density at radius 2 is 1.55 bits per heavy atom. The van der Waals surface area contributed by atoms with E-state index in [0.717, 1.165) is 16.3 Å². The highest BCUT2D eigenvalue weighted by Gasteiger charge is 2.26. The monoisotopic (exact) mass is 421 g/mol. The van der Waals surface area contributed by atoms with Crippen molar-refractivity contribution in [3.8, 4) is 0 Å². The number of hydrazine groups is 1. The second kappa shape index (κ2) is 9.84. The van der Waals surface area contributed by atoms with Gasteiger partial charge < -0.3 is 5.32 Å². The molecular weight excluding hydrogens is 397 g/mol. The maximum atomic E-state index is 13.8. The highest BCUT2D eigenvalue weighted by atomic mass is 19.1. The summed E-state index contributed by atoms with van der Waals surface area (Å²) in [5, 5.41) is 4.51. The fourth-order valence-corrected chi connectivity index (χ4v) is 3.27. The van der Waals surface area contributed by atoms with Crippen LogP contribution in [-0.2, 0) is 16.0 Å². The highest BCUT2D eigenvalue weighted by Crippen LogP contribution is 2.18. The van der Waals surface area contributed by atoms with Gasteiger partial charge in [0.25, 0.3) is 11.8 Å². The average molecular weight is 421 g/mol. The van der Waals surface area contributed by atoms with Gasteiger partial charge in [0.15, 0.2) is 0 Å². The highest BCUT2D eigenvalue weighted by molar-refractivity contribution is 5.98. The molecule has 0 saturated heterocycles. The van der Waals surface area contributed by atoms with Gasteiger partial charge in [0, 0.05) is 0 Å². The van der Waals surface area contributed by atoms with E-state index in [4.69, 9.17) is 0 Å². The number of benzene rings is 3. The van der Waals surface area contributed by atoms with Crippen LogP contribution in [0.2, 0.25) is 0 Å². The first-order valence-electron chi connectivity index (χ1n) is 9.97. The number of carbonyl (C=O) groups is 3. The zero-order valence-electron chi connectivity index (χ0n) is 17.3. The number of halogens is 1. The summed E-state index contributed by atoms with van der Waals surface area (Å²) in [6.45, 7) is 3.48. The molecule has 6 nitrogen and oxygen atoms in total. The van der Waals surface area contributed by atoms with Crippen LogP contribution in [0.5, 0.6) is 0 Å². The zero-order chi connectivity index (χ0) is 22.4.